The van der Waals surface area contributed by atoms with Crippen LogP contribution in [0.1, 0.15) is 41.4 Å². The second-order valence-corrected chi connectivity index (χ2v) is 9.51. The first-order valence-electron chi connectivity index (χ1n) is 9.68. The van der Waals surface area contributed by atoms with Crippen molar-refractivity contribution in [2.75, 3.05) is 0 Å². The first-order valence-corrected chi connectivity index (χ1v) is 11.3. The predicted molar refractivity (Wildman–Crippen MR) is 127 cm³/mol. The molecular formula is C24H8Br2N2O4. The van der Waals surface area contributed by atoms with Crippen LogP contribution in [-0.2, 0) is 0 Å². The van der Waals surface area contributed by atoms with E-state index in [0.717, 1.165) is 32.3 Å². The summed E-state index contributed by atoms with van der Waals surface area (Å²) in [7, 11) is 0. The molecule has 0 spiro atoms. The fourth-order valence-electron chi connectivity index (χ4n) is 5.22. The van der Waals surface area contributed by atoms with Crippen LogP contribution in [0.2, 0.25) is 0 Å². The average molecular weight is 548 g/mol. The third kappa shape index (κ3) is 1.91. The van der Waals surface area contributed by atoms with Gasteiger partial charge >= 0.3 is 0 Å². The third-order valence-corrected chi connectivity index (χ3v) is 8.59. The Bertz CT molecular complexity index is 1800. The van der Waals surface area contributed by atoms with E-state index in [1.54, 1.807) is 18.2 Å². The molecule has 0 saturated heterocycles. The largest absolute Gasteiger partial charge is 0.288 e. The summed E-state index contributed by atoms with van der Waals surface area (Å²) in [6, 6.07) is 10.7. The van der Waals surface area contributed by atoms with E-state index in [1.807, 2.05) is 18.2 Å². The Labute approximate surface area is 195 Å². The molecule has 0 aromatic heterocycles. The Kier molecular flexibility index (Phi) is 3.25. The summed E-state index contributed by atoms with van der Waals surface area (Å²) < 4.78 is 1.21. The first-order chi connectivity index (χ1) is 15.4. The van der Waals surface area contributed by atoms with Crippen LogP contribution in [0, 0.1) is 0 Å². The molecule has 5 aromatic carbocycles. The fourth-order valence-corrected chi connectivity index (χ4v) is 6.40. The van der Waals surface area contributed by atoms with Gasteiger partial charge in [0.05, 0.1) is 5.56 Å². The van der Waals surface area contributed by atoms with Crippen molar-refractivity contribution in [3.8, 4) is 0 Å². The molecule has 7 rings (SSSR count). The summed E-state index contributed by atoms with van der Waals surface area (Å²) >= 11 is 7.22. The molecule has 2 heterocycles. The van der Waals surface area contributed by atoms with Gasteiger partial charge in [0, 0.05) is 47.2 Å². The summed E-state index contributed by atoms with van der Waals surface area (Å²) in [5, 5.41) is 10.9. The van der Waals surface area contributed by atoms with E-state index in [0.29, 0.717) is 42.0 Å². The van der Waals surface area contributed by atoms with Gasteiger partial charge in [-0.3, -0.25) is 29.8 Å². The van der Waals surface area contributed by atoms with Gasteiger partial charge in [-0.05, 0) is 71.6 Å². The van der Waals surface area contributed by atoms with Crippen LogP contribution in [0.25, 0.3) is 43.1 Å². The molecule has 0 bridgehead atoms. The first kappa shape index (κ1) is 18.2. The van der Waals surface area contributed by atoms with E-state index in [4.69, 9.17) is 0 Å². The molecule has 0 saturated carbocycles. The summed E-state index contributed by atoms with van der Waals surface area (Å²) in [4.78, 5) is 50.5. The zero-order chi connectivity index (χ0) is 22.0. The number of carbonyl (C=O) groups excluding carboxylic acids is 4. The second-order valence-electron chi connectivity index (χ2n) is 7.93. The topological polar surface area (TPSA) is 92.3 Å². The average Bonchev–Trinajstić information content (AvgIpc) is 2.77. The zero-order valence-corrected chi connectivity index (χ0v) is 19.0. The number of fused-ring (bicyclic) bond motifs is 2. The molecule has 0 atom stereocenters. The Morgan fingerprint density at radius 1 is 0.469 bits per heavy atom. The van der Waals surface area contributed by atoms with Gasteiger partial charge in [0.2, 0.25) is 0 Å². The fraction of sp³-hybridized carbons (Fsp3) is 0. The Hall–Kier alpha value is -3.36. The van der Waals surface area contributed by atoms with E-state index in [-0.39, 0.29) is 0 Å². The van der Waals surface area contributed by atoms with Crippen LogP contribution in [0.15, 0.2) is 45.3 Å². The van der Waals surface area contributed by atoms with Gasteiger partial charge in [0.25, 0.3) is 23.6 Å². The molecule has 5 aromatic rings. The van der Waals surface area contributed by atoms with Crippen molar-refractivity contribution in [2.45, 2.75) is 0 Å². The van der Waals surface area contributed by atoms with Crippen LogP contribution in [0.4, 0.5) is 0 Å². The quantitative estimate of drug-likeness (QED) is 0.162. The number of amides is 4. The number of rotatable bonds is 0. The second kappa shape index (κ2) is 5.70. The van der Waals surface area contributed by atoms with Crippen LogP contribution >= 0.6 is 31.9 Å². The number of halogens is 2. The van der Waals surface area contributed by atoms with Gasteiger partial charge in [0.15, 0.2) is 0 Å². The third-order valence-electron chi connectivity index (χ3n) is 6.47. The Morgan fingerprint density at radius 2 is 0.969 bits per heavy atom. The minimum absolute atomic E-state index is 0.399. The Morgan fingerprint density at radius 3 is 1.59 bits per heavy atom. The minimum Gasteiger partial charge on any atom is -0.288 e. The van der Waals surface area contributed by atoms with Crippen LogP contribution in [0.3, 0.4) is 0 Å². The Balaban J connectivity index is 1.87. The van der Waals surface area contributed by atoms with E-state index >= 15 is 0 Å². The SMILES string of the molecule is O=C1NC(=O)c2ccc3c4c(Br)c(Br)c5c6c(ccc(c7ccc1c2c73)c64)C(=O)NC5=O. The highest BCUT2D eigenvalue weighted by molar-refractivity contribution is 9.13. The molecule has 8 heteroatoms. The lowest BCUT2D eigenvalue weighted by atomic mass is 9.82. The molecule has 0 unspecified atom stereocenters. The lowest BCUT2D eigenvalue weighted by Gasteiger charge is -2.25. The van der Waals surface area contributed by atoms with Crippen molar-refractivity contribution in [1.82, 2.24) is 10.6 Å². The van der Waals surface area contributed by atoms with Crippen molar-refractivity contribution in [2.24, 2.45) is 0 Å². The molecule has 32 heavy (non-hydrogen) atoms. The zero-order valence-electron chi connectivity index (χ0n) is 15.9. The minimum atomic E-state index is -0.461. The highest BCUT2D eigenvalue weighted by Crippen LogP contribution is 2.49. The maximum absolute atomic E-state index is 12.8. The van der Waals surface area contributed by atoms with Gasteiger partial charge < -0.3 is 0 Å². The maximum atomic E-state index is 12.8. The van der Waals surface area contributed by atoms with E-state index in [9.17, 15) is 19.2 Å². The normalized spacial score (nSPS) is 15.3. The van der Waals surface area contributed by atoms with Gasteiger partial charge in [-0.25, -0.2) is 0 Å². The van der Waals surface area contributed by atoms with Crippen LogP contribution in [-0.4, -0.2) is 23.6 Å². The summed E-state index contributed by atoms with van der Waals surface area (Å²) in [5.41, 5.74) is 1.71. The van der Waals surface area contributed by atoms with Gasteiger partial charge in [-0.1, -0.05) is 18.2 Å². The van der Waals surface area contributed by atoms with Crippen molar-refractivity contribution < 1.29 is 19.2 Å². The molecular weight excluding hydrogens is 540 g/mol. The van der Waals surface area contributed by atoms with Gasteiger partial charge in [0.1, 0.15) is 0 Å². The number of nitrogens with one attached hydrogen (secondary N) is 2. The van der Waals surface area contributed by atoms with Crippen molar-refractivity contribution >= 4 is 98.6 Å². The van der Waals surface area contributed by atoms with Crippen LogP contribution in [0.5, 0.6) is 0 Å². The summed E-state index contributed by atoms with van der Waals surface area (Å²) in [5.74, 6) is -1.75. The number of hydrogen-bond acceptors (Lipinski definition) is 4. The summed E-state index contributed by atoms with van der Waals surface area (Å²) in [6.07, 6.45) is 0. The molecule has 6 nitrogen and oxygen atoms in total. The summed E-state index contributed by atoms with van der Waals surface area (Å²) in [6.45, 7) is 0. The highest BCUT2D eigenvalue weighted by atomic mass is 79.9. The molecule has 0 fully saturated rings. The predicted octanol–water partition coefficient (Wildman–Crippen LogP) is 5.03. The number of hydrogen-bond donors (Lipinski definition) is 2. The molecule has 2 N–H and O–H groups in total. The van der Waals surface area contributed by atoms with Gasteiger partial charge in [-0.2, -0.15) is 0 Å². The van der Waals surface area contributed by atoms with E-state index < -0.39 is 23.6 Å². The monoisotopic (exact) mass is 546 g/mol. The lowest BCUT2D eigenvalue weighted by molar-refractivity contribution is 0.0828. The molecule has 0 radical (unpaired) electrons. The number of benzene rings is 5. The highest BCUT2D eigenvalue weighted by Gasteiger charge is 2.33. The molecule has 4 amide bonds. The van der Waals surface area contributed by atoms with E-state index in [1.165, 1.54) is 0 Å². The number of imide groups is 2. The van der Waals surface area contributed by atoms with Gasteiger partial charge in [-0.15, -0.1) is 0 Å². The number of carbonyl (C=O) groups is 4. The van der Waals surface area contributed by atoms with E-state index in [2.05, 4.69) is 42.5 Å². The van der Waals surface area contributed by atoms with Crippen molar-refractivity contribution in [3.05, 3.63) is 67.6 Å². The molecule has 2 aliphatic heterocycles. The van der Waals surface area contributed by atoms with Crippen LogP contribution < -0.4 is 10.6 Å². The molecule has 0 aliphatic carbocycles. The molecule has 152 valence electrons. The standard InChI is InChI=1S/C24H8Br2N2O4/c25-19-17-9-3-6-11-14-10(21(29)27-22(11)30)4-1-7(13(9)14)8-2-5-12-16(15(8)17)18(20(19)26)24(32)28-23(12)31/h1-6H,(H,27,29,30)(H,28,31,32). The smallest absolute Gasteiger partial charge is 0.259 e. The van der Waals surface area contributed by atoms with Crippen molar-refractivity contribution in [1.29, 1.82) is 0 Å². The van der Waals surface area contributed by atoms with Crippen molar-refractivity contribution in [3.63, 3.8) is 0 Å². The lowest BCUT2D eigenvalue weighted by Crippen LogP contribution is -2.35. The molecule has 2 aliphatic rings. The maximum Gasteiger partial charge on any atom is 0.259 e.